The van der Waals surface area contributed by atoms with Gasteiger partial charge in [-0.2, -0.15) is 0 Å². The van der Waals surface area contributed by atoms with E-state index in [0.29, 0.717) is 43.5 Å². The van der Waals surface area contributed by atoms with Crippen molar-refractivity contribution in [2.24, 2.45) is 0 Å². The lowest BCUT2D eigenvalue weighted by molar-refractivity contribution is -0.141. The first-order valence-electron chi connectivity index (χ1n) is 27.2. The van der Waals surface area contributed by atoms with Gasteiger partial charge in [0.05, 0.1) is 18.8 Å². The number of rotatable bonds is 27. The maximum absolute atomic E-state index is 14.0. The highest BCUT2D eigenvalue weighted by Gasteiger charge is 2.28. The third-order valence-corrected chi connectivity index (χ3v) is 14.5. The number of aromatic nitrogens is 3. The number of para-hydroxylation sites is 4. The number of amides is 5. The molecule has 0 saturated heterocycles. The zero-order chi connectivity index (χ0) is 56.7. The van der Waals surface area contributed by atoms with Gasteiger partial charge in [-0.05, 0) is 84.3 Å². The van der Waals surface area contributed by atoms with Crippen molar-refractivity contribution in [3.63, 3.8) is 0 Å². The number of fused-ring (bicyclic) bond motifs is 5. The second-order valence-electron chi connectivity index (χ2n) is 20.2. The maximum atomic E-state index is 14.0. The number of hydrogen-bond acceptors (Lipinski definition) is 8. The van der Waals surface area contributed by atoms with Crippen LogP contribution in [0.3, 0.4) is 0 Å². The van der Waals surface area contributed by atoms with Gasteiger partial charge in [-0.15, -0.1) is 0 Å². The molecule has 5 amide bonds. The van der Waals surface area contributed by atoms with Crippen molar-refractivity contribution >= 4 is 73.9 Å². The van der Waals surface area contributed by atoms with Crippen molar-refractivity contribution in [3.05, 3.63) is 198 Å². The molecule has 3 atom stereocenters. The number of H-pyrrole nitrogens is 3. The summed E-state index contributed by atoms with van der Waals surface area (Å²) < 4.78 is 0. The first-order valence-corrected chi connectivity index (χ1v) is 27.2. The van der Waals surface area contributed by atoms with Gasteiger partial charge in [-0.1, -0.05) is 116 Å². The van der Waals surface area contributed by atoms with E-state index in [-0.39, 0.29) is 31.6 Å². The van der Waals surface area contributed by atoms with Gasteiger partial charge in [0, 0.05) is 113 Å². The van der Waals surface area contributed by atoms with Crippen LogP contribution in [0.2, 0.25) is 0 Å². The maximum Gasteiger partial charge on any atom is 0.326 e. The first-order chi connectivity index (χ1) is 39.4. The molecule has 10 N–H and O–H groups in total. The van der Waals surface area contributed by atoms with Crippen molar-refractivity contribution in [1.29, 1.82) is 0 Å². The molecule has 0 bridgehead atoms. The molecule has 0 spiro atoms. The minimum atomic E-state index is -1.29. The summed E-state index contributed by atoms with van der Waals surface area (Å²) in [5, 5.41) is 29.3. The number of nitrogens with zero attached hydrogens (tertiary/aromatic N) is 1. The summed E-state index contributed by atoms with van der Waals surface area (Å²) in [7, 11) is 0. The smallest absolute Gasteiger partial charge is 0.326 e. The van der Waals surface area contributed by atoms with Crippen LogP contribution < -0.4 is 36.8 Å². The van der Waals surface area contributed by atoms with Gasteiger partial charge in [-0.25, -0.2) is 4.79 Å². The minimum absolute atomic E-state index is 0.00500. The van der Waals surface area contributed by atoms with Gasteiger partial charge >= 0.3 is 5.97 Å². The Hall–Kier alpha value is -9.82. The number of aliphatic carboxylic acids is 1. The van der Waals surface area contributed by atoms with Crippen molar-refractivity contribution in [1.82, 2.24) is 46.9 Å². The van der Waals surface area contributed by atoms with Crippen LogP contribution in [0.25, 0.3) is 32.7 Å². The highest BCUT2D eigenvalue weighted by molar-refractivity contribution is 5.95. The summed E-state index contributed by atoms with van der Waals surface area (Å²) in [6, 6.07) is 35.2. The molecular formula is C64H66N10O7. The summed E-state index contributed by atoms with van der Waals surface area (Å²) >= 11 is 0. The number of carboxylic acid groups (broad SMARTS) is 1. The Morgan fingerprint density at radius 3 is 1.56 bits per heavy atom. The number of aromatic amines is 3. The lowest BCUT2D eigenvalue weighted by Crippen LogP contribution is -2.54. The molecule has 9 rings (SSSR count). The first kappa shape index (κ1) is 55.9. The van der Waals surface area contributed by atoms with Gasteiger partial charge in [-0.3, -0.25) is 24.0 Å². The highest BCUT2D eigenvalue weighted by atomic mass is 16.4. The number of carbonyl (C=O) groups is 6. The molecule has 17 nitrogen and oxygen atoms in total. The topological polar surface area (TPSA) is 245 Å². The van der Waals surface area contributed by atoms with E-state index in [1.54, 1.807) is 18.6 Å². The van der Waals surface area contributed by atoms with E-state index in [2.05, 4.69) is 88.9 Å². The Bertz CT molecular complexity index is 3690. The van der Waals surface area contributed by atoms with Crippen LogP contribution in [-0.4, -0.2) is 93.3 Å². The van der Waals surface area contributed by atoms with Crippen molar-refractivity contribution in [2.75, 3.05) is 24.5 Å². The van der Waals surface area contributed by atoms with Gasteiger partial charge in [0.1, 0.15) is 18.1 Å². The standard InChI is InChI=1S/C64H66N10O7/c1-41(27-28-42(2)74-40-45-18-6-5-16-43(45)29-30-44-17-7-14-25-58(44)74)65-31-15-3-4-26-59(75)71-55(32-46-35-66-52-22-11-8-19-49(46)52)62(78)69-38-60(76)72-56(33-47-36-67-53-23-12-9-20-50(47)53)63(79)70-39-61(77)73-57(64(80)81)34-48-37-68-54-24-13-10-21-51(48)54/h5-14,16-25,35-37,55-57,65-68H,1-4,15,26-28,31-34,38-40H2,(H,69,78)(H,70,79)(H,71,75)(H,72,76)(H,73,77)(H,80,81)/t55-,56?,57-/m1/s1. The lowest BCUT2D eigenvalue weighted by Gasteiger charge is -2.29. The molecule has 81 heavy (non-hydrogen) atoms. The number of nitrogens with one attached hydrogen (secondary N) is 9. The van der Waals surface area contributed by atoms with Crippen LogP contribution in [0, 0.1) is 11.8 Å². The third kappa shape index (κ3) is 14.7. The quantitative estimate of drug-likeness (QED) is 0.0183. The summed E-state index contributed by atoms with van der Waals surface area (Å²) in [6.07, 6.45) is 9.05. The molecule has 3 aromatic heterocycles. The number of carboxylic acids is 1. The fourth-order valence-electron chi connectivity index (χ4n) is 10.2. The molecule has 0 saturated carbocycles. The SMILES string of the molecule is C=C(CCC(=C)N1Cc2ccccc2C#Cc2ccccc21)NCCCCCC(=O)N[C@H](Cc1c[nH]c2ccccc12)C(=O)NCC(=O)NC(Cc1c[nH]c2ccccc12)C(=O)NCC(=O)N[C@H](Cc1c[nH]c2ccccc12)C(=O)O. The van der Waals surface area contributed by atoms with Crippen LogP contribution in [0.5, 0.6) is 0 Å². The Morgan fingerprint density at radius 2 is 0.988 bits per heavy atom. The van der Waals surface area contributed by atoms with E-state index < -0.39 is 60.8 Å². The second kappa shape index (κ2) is 26.7. The molecule has 1 aliphatic rings. The number of allylic oxidation sites excluding steroid dienone is 2. The van der Waals surface area contributed by atoms with E-state index in [4.69, 9.17) is 0 Å². The third-order valence-electron chi connectivity index (χ3n) is 14.5. The zero-order valence-corrected chi connectivity index (χ0v) is 45.0. The number of unbranched alkanes of at least 4 members (excludes halogenated alkanes) is 2. The predicted molar refractivity (Wildman–Crippen MR) is 314 cm³/mol. The summed E-state index contributed by atoms with van der Waals surface area (Å²) in [4.78, 5) is 92.4. The summed E-state index contributed by atoms with van der Waals surface area (Å²) in [6.45, 7) is 8.98. The minimum Gasteiger partial charge on any atom is -0.480 e. The second-order valence-corrected chi connectivity index (χ2v) is 20.2. The van der Waals surface area contributed by atoms with Crippen molar-refractivity contribution in [3.8, 4) is 11.8 Å². The Morgan fingerprint density at radius 1 is 0.519 bits per heavy atom. The summed E-state index contributed by atoms with van der Waals surface area (Å²) in [5.74, 6) is 2.35. The normalized spacial score (nSPS) is 12.8. The van der Waals surface area contributed by atoms with Gasteiger partial charge < -0.3 is 56.9 Å². The fraction of sp³-hybridized carbons (Fsp3) is 0.250. The monoisotopic (exact) mass is 1090 g/mol. The number of benzene rings is 5. The molecule has 0 aliphatic carbocycles. The molecule has 0 radical (unpaired) electrons. The molecule has 1 aliphatic heterocycles. The van der Waals surface area contributed by atoms with E-state index in [1.165, 1.54) is 0 Å². The molecule has 0 fully saturated rings. The molecular weight excluding hydrogens is 1020 g/mol. The largest absolute Gasteiger partial charge is 0.480 e. The van der Waals surface area contributed by atoms with Crippen LogP contribution in [0.15, 0.2) is 164 Å². The average Bonchev–Trinajstić information content (AvgIpc) is 4.28. The molecule has 8 aromatic rings. The number of hydrogen-bond donors (Lipinski definition) is 10. The van der Waals surface area contributed by atoms with E-state index in [1.807, 2.05) is 109 Å². The van der Waals surface area contributed by atoms with Crippen LogP contribution >= 0.6 is 0 Å². The Kier molecular flexibility index (Phi) is 18.4. The van der Waals surface area contributed by atoms with Crippen molar-refractivity contribution in [2.45, 2.75) is 82.5 Å². The predicted octanol–water partition coefficient (Wildman–Crippen LogP) is 7.31. The Labute approximate surface area is 469 Å². The summed E-state index contributed by atoms with van der Waals surface area (Å²) in [5.41, 5.74) is 10.7. The molecule has 1 unspecified atom stereocenters. The van der Waals surface area contributed by atoms with Crippen molar-refractivity contribution < 1.29 is 33.9 Å². The highest BCUT2D eigenvalue weighted by Crippen LogP contribution is 2.30. The van der Waals surface area contributed by atoms with E-state index in [0.717, 1.165) is 84.9 Å². The number of carbonyl (C=O) groups excluding carboxylic acids is 5. The van der Waals surface area contributed by atoms with Gasteiger partial charge in [0.25, 0.3) is 0 Å². The Balaban J connectivity index is 0.760. The molecule has 414 valence electrons. The average molecular weight is 1090 g/mol. The lowest BCUT2D eigenvalue weighted by atomic mass is 10.0. The fourth-order valence-corrected chi connectivity index (χ4v) is 10.2. The zero-order valence-electron chi connectivity index (χ0n) is 45.0. The van der Waals surface area contributed by atoms with E-state index in [9.17, 15) is 33.9 Å². The van der Waals surface area contributed by atoms with Crippen LogP contribution in [0.4, 0.5) is 5.69 Å². The number of anilines is 1. The molecule has 5 aromatic carbocycles. The molecule has 4 heterocycles. The van der Waals surface area contributed by atoms with E-state index >= 15 is 0 Å². The molecule has 17 heteroatoms. The van der Waals surface area contributed by atoms with Gasteiger partial charge in [0.2, 0.25) is 29.5 Å². The van der Waals surface area contributed by atoms with Gasteiger partial charge in [0.15, 0.2) is 0 Å². The van der Waals surface area contributed by atoms with Crippen LogP contribution in [0.1, 0.15) is 71.9 Å². The van der Waals surface area contributed by atoms with Crippen LogP contribution in [-0.2, 0) is 54.6 Å².